The molecule has 150 valence electrons. The van der Waals surface area contributed by atoms with E-state index in [2.05, 4.69) is 102 Å². The Hall–Kier alpha value is -4.30. The molecule has 2 aromatic heterocycles. The third-order valence-electron chi connectivity index (χ3n) is 6.42. The highest BCUT2D eigenvalue weighted by atomic mass is 16.3. The summed E-state index contributed by atoms with van der Waals surface area (Å²) in [7, 11) is 0. The summed E-state index contributed by atoms with van der Waals surface area (Å²) in [5.74, 6) is 0. The first-order chi connectivity index (χ1) is 15.9. The second-order valence-corrected chi connectivity index (χ2v) is 8.26. The first kappa shape index (κ1) is 17.4. The highest BCUT2D eigenvalue weighted by Crippen LogP contribution is 2.42. The molecule has 0 saturated heterocycles. The SMILES string of the molecule is c1ccc(-c2cc(-c3cccc4c3[nH]c3ccccc34)c3oc4ccccc4c3c2)cc1. The van der Waals surface area contributed by atoms with Crippen molar-refractivity contribution in [2.24, 2.45) is 0 Å². The van der Waals surface area contributed by atoms with Crippen LogP contribution in [0.15, 0.2) is 114 Å². The molecule has 5 aromatic carbocycles. The number of rotatable bonds is 2. The Morgan fingerprint density at radius 2 is 1.25 bits per heavy atom. The molecule has 0 atom stereocenters. The molecule has 2 heteroatoms. The molecule has 0 radical (unpaired) electrons. The summed E-state index contributed by atoms with van der Waals surface area (Å²) in [6.45, 7) is 0. The minimum absolute atomic E-state index is 0.915. The molecule has 7 aromatic rings. The minimum Gasteiger partial charge on any atom is -0.455 e. The second-order valence-electron chi connectivity index (χ2n) is 8.26. The van der Waals surface area contributed by atoms with Crippen LogP contribution in [0.1, 0.15) is 0 Å². The molecule has 0 aliphatic carbocycles. The lowest BCUT2D eigenvalue weighted by Gasteiger charge is -2.09. The molecule has 32 heavy (non-hydrogen) atoms. The Bertz CT molecular complexity index is 1770. The molecular formula is C30H19NO. The van der Waals surface area contributed by atoms with Crippen LogP contribution in [-0.4, -0.2) is 4.98 Å². The molecule has 2 heterocycles. The van der Waals surface area contributed by atoms with Crippen LogP contribution in [0.25, 0.3) is 66.0 Å². The Labute approximate surface area is 184 Å². The summed E-state index contributed by atoms with van der Waals surface area (Å²) in [5, 5.41) is 4.76. The molecule has 0 aliphatic heterocycles. The van der Waals surface area contributed by atoms with Gasteiger partial charge in [0.15, 0.2) is 0 Å². The number of benzene rings is 5. The summed E-state index contributed by atoms with van der Waals surface area (Å²) in [6, 6.07) is 38.4. The van der Waals surface area contributed by atoms with Crippen molar-refractivity contribution in [2.75, 3.05) is 0 Å². The molecule has 0 unspecified atom stereocenters. The van der Waals surface area contributed by atoms with Gasteiger partial charge in [-0.3, -0.25) is 0 Å². The van der Waals surface area contributed by atoms with Crippen LogP contribution in [0.2, 0.25) is 0 Å². The van der Waals surface area contributed by atoms with Crippen molar-refractivity contribution in [2.45, 2.75) is 0 Å². The fourth-order valence-electron chi connectivity index (χ4n) is 4.92. The van der Waals surface area contributed by atoms with E-state index in [1.165, 1.54) is 21.9 Å². The molecule has 0 fully saturated rings. The van der Waals surface area contributed by atoms with Crippen molar-refractivity contribution < 1.29 is 4.42 Å². The van der Waals surface area contributed by atoms with E-state index in [0.717, 1.165) is 44.1 Å². The Morgan fingerprint density at radius 1 is 0.500 bits per heavy atom. The summed E-state index contributed by atoms with van der Waals surface area (Å²) < 4.78 is 6.44. The Balaban J connectivity index is 1.63. The topological polar surface area (TPSA) is 28.9 Å². The van der Waals surface area contributed by atoms with Gasteiger partial charge in [-0.2, -0.15) is 0 Å². The van der Waals surface area contributed by atoms with Gasteiger partial charge in [-0.05, 0) is 35.4 Å². The first-order valence-corrected chi connectivity index (χ1v) is 10.9. The number of hydrogen-bond donors (Lipinski definition) is 1. The van der Waals surface area contributed by atoms with E-state index in [1.807, 2.05) is 12.1 Å². The van der Waals surface area contributed by atoms with Crippen LogP contribution in [0.3, 0.4) is 0 Å². The zero-order valence-corrected chi connectivity index (χ0v) is 17.3. The van der Waals surface area contributed by atoms with Gasteiger partial charge in [0, 0.05) is 38.2 Å². The van der Waals surface area contributed by atoms with Gasteiger partial charge in [0.1, 0.15) is 11.2 Å². The van der Waals surface area contributed by atoms with E-state index < -0.39 is 0 Å². The number of aromatic nitrogens is 1. The van der Waals surface area contributed by atoms with E-state index in [1.54, 1.807) is 0 Å². The maximum atomic E-state index is 6.44. The molecule has 0 spiro atoms. The second kappa shape index (κ2) is 6.60. The standard InChI is InChI=1S/C30H19NO/c1-2-9-19(10-3-1)20-17-25-22-12-5-7-16-28(22)32-30(25)26(18-20)24-14-8-13-23-21-11-4-6-15-27(21)31-29(23)24/h1-18,31H. The molecule has 0 aliphatic rings. The largest absolute Gasteiger partial charge is 0.455 e. The number of para-hydroxylation sites is 3. The van der Waals surface area contributed by atoms with E-state index in [4.69, 9.17) is 4.42 Å². The monoisotopic (exact) mass is 409 g/mol. The van der Waals surface area contributed by atoms with Crippen LogP contribution < -0.4 is 0 Å². The fraction of sp³-hybridized carbons (Fsp3) is 0. The predicted octanol–water partition coefficient (Wildman–Crippen LogP) is 8.55. The quantitative estimate of drug-likeness (QED) is 0.304. The highest BCUT2D eigenvalue weighted by molar-refractivity contribution is 6.16. The van der Waals surface area contributed by atoms with Crippen LogP contribution >= 0.6 is 0 Å². The number of furan rings is 1. The van der Waals surface area contributed by atoms with E-state index in [9.17, 15) is 0 Å². The summed E-state index contributed by atoms with van der Waals surface area (Å²) in [6.07, 6.45) is 0. The smallest absolute Gasteiger partial charge is 0.143 e. The van der Waals surface area contributed by atoms with Gasteiger partial charge in [-0.15, -0.1) is 0 Å². The maximum absolute atomic E-state index is 6.44. The van der Waals surface area contributed by atoms with Crippen LogP contribution in [0, 0.1) is 0 Å². The Kier molecular flexibility index (Phi) is 3.58. The number of H-pyrrole nitrogens is 1. The fourth-order valence-corrected chi connectivity index (χ4v) is 4.92. The van der Waals surface area contributed by atoms with Crippen LogP contribution in [-0.2, 0) is 0 Å². The lowest BCUT2D eigenvalue weighted by atomic mass is 9.94. The Morgan fingerprint density at radius 3 is 2.16 bits per heavy atom. The lowest BCUT2D eigenvalue weighted by molar-refractivity contribution is 0.670. The summed E-state index contributed by atoms with van der Waals surface area (Å²) in [5.41, 5.74) is 8.78. The maximum Gasteiger partial charge on any atom is 0.143 e. The van der Waals surface area contributed by atoms with Gasteiger partial charge < -0.3 is 9.40 Å². The van der Waals surface area contributed by atoms with Crippen molar-refractivity contribution in [3.05, 3.63) is 109 Å². The van der Waals surface area contributed by atoms with Gasteiger partial charge in [0.2, 0.25) is 0 Å². The van der Waals surface area contributed by atoms with Gasteiger partial charge in [-0.1, -0.05) is 84.9 Å². The van der Waals surface area contributed by atoms with Gasteiger partial charge >= 0.3 is 0 Å². The molecule has 0 saturated carbocycles. The summed E-state index contributed by atoms with van der Waals surface area (Å²) in [4.78, 5) is 3.66. The lowest BCUT2D eigenvalue weighted by Crippen LogP contribution is -1.85. The van der Waals surface area contributed by atoms with Gasteiger partial charge in [0.05, 0.1) is 5.52 Å². The van der Waals surface area contributed by atoms with E-state index in [0.29, 0.717) is 0 Å². The number of fused-ring (bicyclic) bond motifs is 6. The third-order valence-corrected chi connectivity index (χ3v) is 6.42. The van der Waals surface area contributed by atoms with E-state index >= 15 is 0 Å². The predicted molar refractivity (Wildman–Crippen MR) is 134 cm³/mol. The van der Waals surface area contributed by atoms with Crippen molar-refractivity contribution in [3.8, 4) is 22.3 Å². The highest BCUT2D eigenvalue weighted by Gasteiger charge is 2.17. The average Bonchev–Trinajstić information content (AvgIpc) is 3.42. The van der Waals surface area contributed by atoms with Crippen molar-refractivity contribution in [1.29, 1.82) is 0 Å². The number of aromatic amines is 1. The molecular weight excluding hydrogens is 390 g/mol. The van der Waals surface area contributed by atoms with E-state index in [-0.39, 0.29) is 0 Å². The summed E-state index contributed by atoms with van der Waals surface area (Å²) >= 11 is 0. The molecule has 0 amide bonds. The first-order valence-electron chi connectivity index (χ1n) is 10.9. The molecule has 7 rings (SSSR count). The molecule has 0 bridgehead atoms. The zero-order chi connectivity index (χ0) is 21.1. The van der Waals surface area contributed by atoms with Crippen LogP contribution in [0.4, 0.5) is 0 Å². The molecule has 2 nitrogen and oxygen atoms in total. The number of nitrogens with one attached hydrogen (secondary N) is 1. The van der Waals surface area contributed by atoms with Gasteiger partial charge in [0.25, 0.3) is 0 Å². The number of hydrogen-bond acceptors (Lipinski definition) is 1. The minimum atomic E-state index is 0.915. The van der Waals surface area contributed by atoms with Crippen LogP contribution in [0.5, 0.6) is 0 Å². The van der Waals surface area contributed by atoms with Crippen molar-refractivity contribution in [3.63, 3.8) is 0 Å². The third kappa shape index (κ3) is 2.47. The zero-order valence-electron chi connectivity index (χ0n) is 17.3. The van der Waals surface area contributed by atoms with Crippen molar-refractivity contribution in [1.82, 2.24) is 4.98 Å². The van der Waals surface area contributed by atoms with Crippen molar-refractivity contribution >= 4 is 43.7 Å². The van der Waals surface area contributed by atoms with Gasteiger partial charge in [-0.25, -0.2) is 0 Å². The normalized spacial score (nSPS) is 11.8. The average molecular weight is 409 g/mol. The molecule has 1 N–H and O–H groups in total.